The maximum atomic E-state index is 12.5. The Labute approximate surface area is 177 Å². The molecule has 2 N–H and O–H groups in total. The second-order valence-electron chi connectivity index (χ2n) is 5.90. The SMILES string of the molecule is N#Cc1cccc(NC(=O)c2ccc(NS(=O)(=O)c3cc(Cl)ccc3Cl)cc2)c1. The van der Waals surface area contributed by atoms with Gasteiger partial charge < -0.3 is 5.32 Å². The van der Waals surface area contributed by atoms with E-state index in [2.05, 4.69) is 10.0 Å². The van der Waals surface area contributed by atoms with E-state index in [0.717, 1.165) is 0 Å². The Morgan fingerprint density at radius 2 is 1.66 bits per heavy atom. The van der Waals surface area contributed by atoms with Gasteiger partial charge in [-0.3, -0.25) is 9.52 Å². The first-order valence-corrected chi connectivity index (χ1v) is 10.4. The first-order valence-electron chi connectivity index (χ1n) is 8.18. The summed E-state index contributed by atoms with van der Waals surface area (Å²) < 4.78 is 27.5. The number of rotatable bonds is 5. The molecule has 1 amide bonds. The van der Waals surface area contributed by atoms with Gasteiger partial charge in [0.15, 0.2) is 0 Å². The monoisotopic (exact) mass is 445 g/mol. The Balaban J connectivity index is 1.75. The summed E-state index contributed by atoms with van der Waals surface area (Å²) in [5.74, 6) is -0.396. The molecule has 3 aromatic carbocycles. The summed E-state index contributed by atoms with van der Waals surface area (Å²) >= 11 is 11.8. The van der Waals surface area contributed by atoms with Crippen LogP contribution in [0.4, 0.5) is 11.4 Å². The molecule has 0 aliphatic heterocycles. The molecule has 0 bridgehead atoms. The molecule has 0 saturated carbocycles. The van der Waals surface area contributed by atoms with Crippen LogP contribution < -0.4 is 10.0 Å². The van der Waals surface area contributed by atoms with E-state index in [1.54, 1.807) is 24.3 Å². The Morgan fingerprint density at radius 3 is 2.34 bits per heavy atom. The lowest BCUT2D eigenvalue weighted by atomic mass is 10.1. The minimum atomic E-state index is -3.95. The lowest BCUT2D eigenvalue weighted by Crippen LogP contribution is -2.14. The zero-order valence-corrected chi connectivity index (χ0v) is 17.0. The molecule has 0 fully saturated rings. The molecule has 3 aromatic rings. The summed E-state index contributed by atoms with van der Waals surface area (Å²) in [7, 11) is -3.95. The number of carbonyl (C=O) groups is 1. The van der Waals surface area contributed by atoms with Gasteiger partial charge in [-0.25, -0.2) is 8.42 Å². The van der Waals surface area contributed by atoms with E-state index in [0.29, 0.717) is 16.8 Å². The van der Waals surface area contributed by atoms with Gasteiger partial charge in [-0.1, -0.05) is 29.3 Å². The van der Waals surface area contributed by atoms with Crippen LogP contribution in [0.2, 0.25) is 10.0 Å². The molecule has 0 aromatic heterocycles. The third-order valence-corrected chi connectivity index (χ3v) is 5.93. The molecular weight excluding hydrogens is 433 g/mol. The maximum Gasteiger partial charge on any atom is 0.263 e. The van der Waals surface area contributed by atoms with Crippen LogP contribution in [0.3, 0.4) is 0 Å². The van der Waals surface area contributed by atoms with Gasteiger partial charge >= 0.3 is 0 Å². The fourth-order valence-corrected chi connectivity index (χ4v) is 4.27. The third-order valence-electron chi connectivity index (χ3n) is 3.83. The lowest BCUT2D eigenvalue weighted by Gasteiger charge is -2.11. The second kappa shape index (κ2) is 8.53. The van der Waals surface area contributed by atoms with Crippen molar-refractivity contribution in [2.75, 3.05) is 10.0 Å². The zero-order valence-electron chi connectivity index (χ0n) is 14.7. The molecule has 6 nitrogen and oxygen atoms in total. The first kappa shape index (κ1) is 20.7. The Bertz CT molecular complexity index is 1220. The number of anilines is 2. The number of carbonyl (C=O) groups excluding carboxylic acids is 1. The molecule has 3 rings (SSSR count). The quantitative estimate of drug-likeness (QED) is 0.581. The molecule has 0 heterocycles. The number of benzene rings is 3. The Morgan fingerprint density at radius 1 is 0.931 bits per heavy atom. The predicted octanol–water partition coefficient (Wildman–Crippen LogP) is 4.92. The fourth-order valence-electron chi connectivity index (χ4n) is 2.45. The number of sulfonamides is 1. The van der Waals surface area contributed by atoms with Crippen molar-refractivity contribution >= 4 is 50.5 Å². The highest BCUT2D eigenvalue weighted by atomic mass is 35.5. The summed E-state index contributed by atoms with van der Waals surface area (Å²) in [5, 5.41) is 11.9. The second-order valence-corrected chi connectivity index (χ2v) is 8.40. The summed E-state index contributed by atoms with van der Waals surface area (Å²) in [4.78, 5) is 12.2. The van der Waals surface area contributed by atoms with E-state index < -0.39 is 15.9 Å². The van der Waals surface area contributed by atoms with E-state index in [1.807, 2.05) is 6.07 Å². The van der Waals surface area contributed by atoms with Crippen molar-refractivity contribution in [2.45, 2.75) is 4.90 Å². The van der Waals surface area contributed by atoms with Gasteiger partial charge in [0.25, 0.3) is 15.9 Å². The summed E-state index contributed by atoms with van der Waals surface area (Å²) in [5.41, 5.74) is 1.47. The highest BCUT2D eigenvalue weighted by molar-refractivity contribution is 7.92. The van der Waals surface area contributed by atoms with E-state index >= 15 is 0 Å². The molecule has 0 atom stereocenters. The molecule has 9 heteroatoms. The van der Waals surface area contributed by atoms with Crippen molar-refractivity contribution in [1.29, 1.82) is 5.26 Å². The van der Waals surface area contributed by atoms with Crippen molar-refractivity contribution in [1.82, 2.24) is 0 Å². The van der Waals surface area contributed by atoms with E-state index in [9.17, 15) is 13.2 Å². The van der Waals surface area contributed by atoms with Gasteiger partial charge in [-0.15, -0.1) is 0 Å². The van der Waals surface area contributed by atoms with Crippen LogP contribution in [-0.4, -0.2) is 14.3 Å². The number of hydrogen-bond donors (Lipinski definition) is 2. The number of halogens is 2. The van der Waals surface area contributed by atoms with Crippen molar-refractivity contribution in [3.8, 4) is 6.07 Å². The standard InChI is InChI=1S/C20H13Cl2N3O3S/c21-15-6-9-18(22)19(11-15)29(27,28)25-16-7-4-14(5-8-16)20(26)24-17-3-1-2-13(10-17)12-23/h1-11,25H,(H,24,26). The molecule has 0 unspecified atom stereocenters. The molecule has 0 aliphatic rings. The minimum Gasteiger partial charge on any atom is -0.322 e. The van der Waals surface area contributed by atoms with Gasteiger partial charge in [0.2, 0.25) is 0 Å². The summed E-state index contributed by atoms with van der Waals surface area (Å²) in [6, 6.07) is 18.5. The number of nitrogens with zero attached hydrogens (tertiary/aromatic N) is 1. The van der Waals surface area contributed by atoms with Crippen LogP contribution in [0.1, 0.15) is 15.9 Å². The van der Waals surface area contributed by atoms with E-state index in [-0.39, 0.29) is 20.6 Å². The van der Waals surface area contributed by atoms with Crippen LogP contribution in [0.5, 0.6) is 0 Å². The molecule has 29 heavy (non-hydrogen) atoms. The number of nitrogens with one attached hydrogen (secondary N) is 2. The third kappa shape index (κ3) is 5.06. The highest BCUT2D eigenvalue weighted by Gasteiger charge is 2.19. The molecule has 0 aliphatic carbocycles. The van der Waals surface area contributed by atoms with Crippen molar-refractivity contribution in [2.24, 2.45) is 0 Å². The average molecular weight is 446 g/mol. The van der Waals surface area contributed by atoms with Crippen LogP contribution in [0, 0.1) is 11.3 Å². The van der Waals surface area contributed by atoms with Crippen LogP contribution >= 0.6 is 23.2 Å². The fraction of sp³-hybridized carbons (Fsp3) is 0. The summed E-state index contributed by atoms with van der Waals surface area (Å²) in [6.07, 6.45) is 0. The predicted molar refractivity (Wildman–Crippen MR) is 113 cm³/mol. The van der Waals surface area contributed by atoms with Gasteiger partial charge in [0.1, 0.15) is 4.90 Å². The van der Waals surface area contributed by atoms with E-state index in [4.69, 9.17) is 28.5 Å². The number of amides is 1. The Hall–Kier alpha value is -3.05. The van der Waals surface area contributed by atoms with Gasteiger partial charge in [-0.05, 0) is 60.7 Å². The first-order chi connectivity index (χ1) is 13.8. The number of hydrogen-bond acceptors (Lipinski definition) is 4. The maximum absolute atomic E-state index is 12.5. The molecular formula is C20H13Cl2N3O3S. The average Bonchev–Trinajstić information content (AvgIpc) is 2.70. The van der Waals surface area contributed by atoms with E-state index in [1.165, 1.54) is 42.5 Å². The minimum absolute atomic E-state index is 0.0393. The normalized spacial score (nSPS) is 10.8. The summed E-state index contributed by atoms with van der Waals surface area (Å²) in [6.45, 7) is 0. The van der Waals surface area contributed by atoms with Crippen molar-refractivity contribution < 1.29 is 13.2 Å². The smallest absolute Gasteiger partial charge is 0.263 e. The van der Waals surface area contributed by atoms with Crippen LogP contribution in [0.25, 0.3) is 0 Å². The zero-order chi connectivity index (χ0) is 21.0. The molecule has 0 saturated heterocycles. The molecule has 0 spiro atoms. The largest absolute Gasteiger partial charge is 0.322 e. The Kier molecular flexibility index (Phi) is 6.09. The highest BCUT2D eigenvalue weighted by Crippen LogP contribution is 2.27. The van der Waals surface area contributed by atoms with Crippen molar-refractivity contribution in [3.05, 3.63) is 87.9 Å². The van der Waals surface area contributed by atoms with Gasteiger partial charge in [0.05, 0.1) is 16.7 Å². The molecule has 0 radical (unpaired) electrons. The van der Waals surface area contributed by atoms with Crippen LogP contribution in [-0.2, 0) is 10.0 Å². The van der Waals surface area contributed by atoms with Gasteiger partial charge in [-0.2, -0.15) is 5.26 Å². The van der Waals surface area contributed by atoms with Crippen LogP contribution in [0.15, 0.2) is 71.6 Å². The lowest BCUT2D eigenvalue weighted by molar-refractivity contribution is 0.102. The number of nitriles is 1. The van der Waals surface area contributed by atoms with Gasteiger partial charge in [0, 0.05) is 22.0 Å². The topological polar surface area (TPSA) is 99.1 Å². The molecule has 146 valence electrons. The van der Waals surface area contributed by atoms with Crippen molar-refractivity contribution in [3.63, 3.8) is 0 Å².